The second-order valence-electron chi connectivity index (χ2n) is 5.92. The largest absolute Gasteiger partial charge is 0.385 e. The molecule has 0 bridgehead atoms. The van der Waals surface area contributed by atoms with Crippen LogP contribution in [0.15, 0.2) is 18.2 Å². The predicted octanol–water partition coefficient (Wildman–Crippen LogP) is 3.83. The van der Waals surface area contributed by atoms with Crippen molar-refractivity contribution in [3.05, 3.63) is 29.3 Å². The standard InChI is InChI=1S/C17H26N2O/c1-5-18-16-11-12(2)9-10-15(16)17(20)19-13(3)7-6-8-14(19)4/h9-11,13-14,18H,5-8H2,1-4H3/t13-,14+. The van der Waals surface area contributed by atoms with Gasteiger partial charge in [-0.1, -0.05) is 6.07 Å². The maximum atomic E-state index is 12.9. The van der Waals surface area contributed by atoms with Crippen LogP contribution in [0, 0.1) is 6.92 Å². The molecule has 0 spiro atoms. The Hall–Kier alpha value is -1.51. The first-order valence-corrected chi connectivity index (χ1v) is 7.71. The molecule has 0 aliphatic carbocycles. The zero-order valence-electron chi connectivity index (χ0n) is 13.1. The number of nitrogens with one attached hydrogen (secondary N) is 1. The molecule has 1 aromatic carbocycles. The average molecular weight is 274 g/mol. The Balaban J connectivity index is 2.32. The zero-order chi connectivity index (χ0) is 14.7. The Morgan fingerprint density at radius 1 is 1.30 bits per heavy atom. The van der Waals surface area contributed by atoms with E-state index in [0.29, 0.717) is 12.1 Å². The molecule has 2 atom stereocenters. The Kier molecular flexibility index (Phi) is 4.69. The van der Waals surface area contributed by atoms with E-state index < -0.39 is 0 Å². The molecule has 3 heteroatoms. The number of carbonyl (C=O) groups is 1. The second kappa shape index (κ2) is 6.29. The molecule has 0 aromatic heterocycles. The molecule has 0 unspecified atom stereocenters. The highest BCUT2D eigenvalue weighted by molar-refractivity contribution is 6.00. The second-order valence-corrected chi connectivity index (χ2v) is 5.92. The van der Waals surface area contributed by atoms with Gasteiger partial charge in [-0.3, -0.25) is 4.79 Å². The number of likely N-dealkylation sites (tertiary alicyclic amines) is 1. The van der Waals surface area contributed by atoms with Gasteiger partial charge in [-0.25, -0.2) is 0 Å². The van der Waals surface area contributed by atoms with E-state index in [-0.39, 0.29) is 5.91 Å². The van der Waals surface area contributed by atoms with Gasteiger partial charge < -0.3 is 10.2 Å². The van der Waals surface area contributed by atoms with Crippen molar-refractivity contribution in [1.29, 1.82) is 0 Å². The lowest BCUT2D eigenvalue weighted by Crippen LogP contribution is -2.47. The molecule has 0 saturated carbocycles. The molecular formula is C17H26N2O. The van der Waals surface area contributed by atoms with Gasteiger partial charge in [-0.05, 0) is 64.7 Å². The Morgan fingerprint density at radius 2 is 1.95 bits per heavy atom. The van der Waals surface area contributed by atoms with Crippen molar-refractivity contribution in [3.63, 3.8) is 0 Å². The van der Waals surface area contributed by atoms with Crippen molar-refractivity contribution in [2.45, 2.75) is 59.0 Å². The summed E-state index contributed by atoms with van der Waals surface area (Å²) < 4.78 is 0. The van der Waals surface area contributed by atoms with Crippen molar-refractivity contribution in [2.24, 2.45) is 0 Å². The minimum absolute atomic E-state index is 0.167. The van der Waals surface area contributed by atoms with Gasteiger partial charge in [0, 0.05) is 24.3 Å². The van der Waals surface area contributed by atoms with E-state index in [1.165, 1.54) is 12.0 Å². The number of nitrogens with zero attached hydrogens (tertiary/aromatic N) is 1. The molecule has 1 amide bonds. The van der Waals surface area contributed by atoms with E-state index in [4.69, 9.17) is 0 Å². The van der Waals surface area contributed by atoms with Gasteiger partial charge in [-0.2, -0.15) is 0 Å². The lowest BCUT2D eigenvalue weighted by molar-refractivity contribution is 0.0512. The highest BCUT2D eigenvalue weighted by Crippen LogP contribution is 2.27. The number of aryl methyl sites for hydroxylation is 1. The normalized spacial score (nSPS) is 22.7. The third-order valence-electron chi connectivity index (χ3n) is 4.20. The Bertz CT molecular complexity index is 474. The fourth-order valence-corrected chi connectivity index (χ4v) is 3.14. The van der Waals surface area contributed by atoms with Crippen LogP contribution >= 0.6 is 0 Å². The number of anilines is 1. The minimum atomic E-state index is 0.167. The lowest BCUT2D eigenvalue weighted by atomic mass is 9.96. The van der Waals surface area contributed by atoms with Crippen LogP contribution in [0.4, 0.5) is 5.69 Å². The maximum Gasteiger partial charge on any atom is 0.256 e. The summed E-state index contributed by atoms with van der Waals surface area (Å²) in [4.78, 5) is 15.0. The van der Waals surface area contributed by atoms with Crippen LogP contribution in [0.2, 0.25) is 0 Å². The third kappa shape index (κ3) is 2.97. The van der Waals surface area contributed by atoms with Gasteiger partial charge >= 0.3 is 0 Å². The minimum Gasteiger partial charge on any atom is -0.385 e. The first-order chi connectivity index (χ1) is 9.54. The molecule has 0 radical (unpaired) electrons. The van der Waals surface area contributed by atoms with Gasteiger partial charge in [0.2, 0.25) is 0 Å². The summed E-state index contributed by atoms with van der Waals surface area (Å²) >= 11 is 0. The van der Waals surface area contributed by atoms with Crippen LogP contribution in [0.25, 0.3) is 0 Å². The van der Waals surface area contributed by atoms with Crippen LogP contribution in [0.5, 0.6) is 0 Å². The summed E-state index contributed by atoms with van der Waals surface area (Å²) in [7, 11) is 0. The van der Waals surface area contributed by atoms with E-state index in [0.717, 1.165) is 30.6 Å². The quantitative estimate of drug-likeness (QED) is 0.908. The first-order valence-electron chi connectivity index (χ1n) is 7.71. The van der Waals surface area contributed by atoms with Crippen LogP contribution in [0.1, 0.15) is 56.0 Å². The van der Waals surface area contributed by atoms with Crippen molar-refractivity contribution >= 4 is 11.6 Å². The number of benzene rings is 1. The zero-order valence-corrected chi connectivity index (χ0v) is 13.1. The summed E-state index contributed by atoms with van der Waals surface area (Å²) in [6.45, 7) is 9.27. The molecule has 1 aliphatic rings. The Labute approximate surface area is 122 Å². The molecule has 1 N–H and O–H groups in total. The summed E-state index contributed by atoms with van der Waals surface area (Å²) in [6.07, 6.45) is 3.44. The highest BCUT2D eigenvalue weighted by atomic mass is 16.2. The topological polar surface area (TPSA) is 32.3 Å². The van der Waals surface area contributed by atoms with Gasteiger partial charge in [0.25, 0.3) is 5.91 Å². The van der Waals surface area contributed by atoms with E-state index in [9.17, 15) is 4.79 Å². The molecule has 1 saturated heterocycles. The fourth-order valence-electron chi connectivity index (χ4n) is 3.14. The monoisotopic (exact) mass is 274 g/mol. The number of hydrogen-bond donors (Lipinski definition) is 1. The predicted molar refractivity (Wildman–Crippen MR) is 84.3 cm³/mol. The number of piperidine rings is 1. The van der Waals surface area contributed by atoms with Crippen LogP contribution in [-0.4, -0.2) is 29.4 Å². The van der Waals surface area contributed by atoms with E-state index in [1.807, 2.05) is 12.1 Å². The Morgan fingerprint density at radius 3 is 2.55 bits per heavy atom. The molecular weight excluding hydrogens is 248 g/mol. The van der Waals surface area contributed by atoms with Crippen LogP contribution in [-0.2, 0) is 0 Å². The van der Waals surface area contributed by atoms with E-state index in [2.05, 4.69) is 44.0 Å². The number of rotatable bonds is 3. The molecule has 2 rings (SSSR count). The third-order valence-corrected chi connectivity index (χ3v) is 4.20. The van der Waals surface area contributed by atoms with Crippen molar-refractivity contribution < 1.29 is 4.79 Å². The molecule has 1 fully saturated rings. The summed E-state index contributed by atoms with van der Waals surface area (Å²) in [5.41, 5.74) is 2.94. The van der Waals surface area contributed by atoms with Gasteiger partial charge in [0.15, 0.2) is 0 Å². The number of amides is 1. The molecule has 20 heavy (non-hydrogen) atoms. The molecule has 1 aliphatic heterocycles. The van der Waals surface area contributed by atoms with Crippen molar-refractivity contribution in [3.8, 4) is 0 Å². The maximum absolute atomic E-state index is 12.9. The average Bonchev–Trinajstić information content (AvgIpc) is 2.39. The summed E-state index contributed by atoms with van der Waals surface area (Å²) in [6, 6.07) is 6.72. The SMILES string of the molecule is CCNc1cc(C)ccc1C(=O)N1[C@H](C)CCC[C@@H]1C. The van der Waals surface area contributed by atoms with E-state index >= 15 is 0 Å². The smallest absolute Gasteiger partial charge is 0.256 e. The van der Waals surface area contributed by atoms with Crippen LogP contribution < -0.4 is 5.32 Å². The van der Waals surface area contributed by atoms with Crippen molar-refractivity contribution in [1.82, 2.24) is 4.90 Å². The molecule has 110 valence electrons. The molecule has 3 nitrogen and oxygen atoms in total. The van der Waals surface area contributed by atoms with Gasteiger partial charge in [0.1, 0.15) is 0 Å². The number of hydrogen-bond acceptors (Lipinski definition) is 2. The first kappa shape index (κ1) is 14.9. The van der Waals surface area contributed by atoms with Gasteiger partial charge in [-0.15, -0.1) is 0 Å². The molecule has 1 aromatic rings. The van der Waals surface area contributed by atoms with E-state index in [1.54, 1.807) is 0 Å². The summed E-state index contributed by atoms with van der Waals surface area (Å²) in [5, 5.41) is 3.32. The lowest BCUT2D eigenvalue weighted by Gasteiger charge is -2.39. The van der Waals surface area contributed by atoms with Crippen molar-refractivity contribution in [2.75, 3.05) is 11.9 Å². The number of carbonyl (C=O) groups excluding carboxylic acids is 1. The van der Waals surface area contributed by atoms with Crippen LogP contribution in [0.3, 0.4) is 0 Å². The fraction of sp³-hybridized carbons (Fsp3) is 0.588. The van der Waals surface area contributed by atoms with Gasteiger partial charge in [0.05, 0.1) is 5.56 Å². The highest BCUT2D eigenvalue weighted by Gasteiger charge is 2.30. The molecule has 1 heterocycles. The summed E-state index contributed by atoms with van der Waals surface area (Å²) in [5.74, 6) is 0.167.